The van der Waals surface area contributed by atoms with Crippen LogP contribution in [0, 0.1) is 0 Å². The van der Waals surface area contributed by atoms with Crippen molar-refractivity contribution in [1.82, 2.24) is 0 Å². The maximum Gasteiger partial charge on any atom is 0.212 e. The van der Waals surface area contributed by atoms with Crippen molar-refractivity contribution in [3.8, 4) is 5.75 Å². The van der Waals surface area contributed by atoms with Gasteiger partial charge in [-0.3, -0.25) is 0 Å². The van der Waals surface area contributed by atoms with Gasteiger partial charge in [0, 0.05) is 18.6 Å². The van der Waals surface area contributed by atoms with Gasteiger partial charge in [-0.05, 0) is 18.2 Å². The fourth-order valence-electron chi connectivity index (χ4n) is 1.82. The zero-order chi connectivity index (χ0) is 10.7. The lowest BCUT2D eigenvalue weighted by molar-refractivity contribution is -0.671. The second-order valence-electron chi connectivity index (χ2n) is 3.63. The summed E-state index contributed by atoms with van der Waals surface area (Å²) in [7, 11) is 1.70. The number of fused-ring (bicyclic) bond motifs is 1. The van der Waals surface area contributed by atoms with Gasteiger partial charge in [0.05, 0.1) is 12.5 Å². The largest absolute Gasteiger partial charge is 1.00 e. The number of aromatic nitrogens is 1. The van der Waals surface area contributed by atoms with E-state index in [0.717, 1.165) is 18.7 Å². The number of ether oxygens (including phenoxy) is 1. The van der Waals surface area contributed by atoms with Crippen LogP contribution in [0.2, 0.25) is 0 Å². The normalized spacial score (nSPS) is 9.88. The lowest BCUT2D eigenvalue weighted by Gasteiger charge is -2.02. The third-order valence-electron chi connectivity index (χ3n) is 2.55. The molecule has 0 bridgehead atoms. The second-order valence-corrected chi connectivity index (χ2v) is 3.63. The number of hydrogen-bond donors (Lipinski definition) is 0. The molecular formula is C13H16INO. The summed E-state index contributed by atoms with van der Waals surface area (Å²) in [6.07, 6.45) is 3.27. The Hall–Kier alpha value is -0.840. The van der Waals surface area contributed by atoms with E-state index in [1.54, 1.807) is 7.11 Å². The van der Waals surface area contributed by atoms with Crippen molar-refractivity contribution in [2.75, 3.05) is 7.11 Å². The highest BCUT2D eigenvalue weighted by molar-refractivity contribution is 5.77. The smallest absolute Gasteiger partial charge is 0.212 e. The van der Waals surface area contributed by atoms with Crippen molar-refractivity contribution in [2.45, 2.75) is 19.9 Å². The van der Waals surface area contributed by atoms with Crippen LogP contribution in [0.15, 0.2) is 36.5 Å². The van der Waals surface area contributed by atoms with Gasteiger partial charge in [0.25, 0.3) is 0 Å². The average molecular weight is 329 g/mol. The third-order valence-corrected chi connectivity index (χ3v) is 2.55. The molecule has 0 amide bonds. The molecule has 1 heterocycles. The standard InChI is InChI=1S/C13H16NO.HI/c1-3-8-14-9-4-5-11-10-12(15-2)6-7-13(11)14;/h4-7,9-10H,3,8H2,1-2H3;1H/q+1;/p-1. The summed E-state index contributed by atoms with van der Waals surface area (Å²) >= 11 is 0. The van der Waals surface area contributed by atoms with Gasteiger partial charge in [-0.25, -0.2) is 0 Å². The molecular weight excluding hydrogens is 313 g/mol. The molecule has 0 fully saturated rings. The first-order valence-corrected chi connectivity index (χ1v) is 5.31. The van der Waals surface area contributed by atoms with Crippen LogP contribution in [0.5, 0.6) is 5.75 Å². The highest BCUT2D eigenvalue weighted by Crippen LogP contribution is 2.17. The van der Waals surface area contributed by atoms with E-state index < -0.39 is 0 Å². The van der Waals surface area contributed by atoms with E-state index in [1.165, 1.54) is 10.9 Å². The zero-order valence-corrected chi connectivity index (χ0v) is 11.8. The minimum absolute atomic E-state index is 0. The molecule has 86 valence electrons. The Morgan fingerprint density at radius 2 is 2.06 bits per heavy atom. The monoisotopic (exact) mass is 329 g/mol. The Morgan fingerprint density at radius 1 is 1.25 bits per heavy atom. The number of hydrogen-bond acceptors (Lipinski definition) is 1. The summed E-state index contributed by atoms with van der Waals surface area (Å²) in [6.45, 7) is 3.25. The van der Waals surface area contributed by atoms with Crippen molar-refractivity contribution in [3.63, 3.8) is 0 Å². The van der Waals surface area contributed by atoms with Gasteiger partial charge in [0.15, 0.2) is 6.20 Å². The third kappa shape index (κ3) is 2.64. The molecule has 2 aromatic rings. The highest BCUT2D eigenvalue weighted by Gasteiger charge is 2.07. The van der Waals surface area contributed by atoms with Crippen LogP contribution in [-0.2, 0) is 6.54 Å². The van der Waals surface area contributed by atoms with Crippen molar-refractivity contribution in [1.29, 1.82) is 0 Å². The van der Waals surface area contributed by atoms with E-state index in [2.05, 4.69) is 42.0 Å². The van der Waals surface area contributed by atoms with Crippen molar-refractivity contribution < 1.29 is 33.3 Å². The van der Waals surface area contributed by atoms with Crippen molar-refractivity contribution in [2.24, 2.45) is 0 Å². The number of pyridine rings is 1. The number of benzene rings is 1. The molecule has 0 aliphatic carbocycles. The minimum atomic E-state index is 0. The molecule has 16 heavy (non-hydrogen) atoms. The molecule has 0 saturated heterocycles. The quantitative estimate of drug-likeness (QED) is 0.549. The Kier molecular flexibility index (Phi) is 4.99. The first-order chi connectivity index (χ1) is 7.35. The molecule has 2 nitrogen and oxygen atoms in total. The molecule has 0 unspecified atom stereocenters. The van der Waals surface area contributed by atoms with Gasteiger partial charge in [0.1, 0.15) is 12.3 Å². The van der Waals surface area contributed by atoms with Gasteiger partial charge in [0.2, 0.25) is 5.52 Å². The van der Waals surface area contributed by atoms with Crippen LogP contribution in [-0.4, -0.2) is 7.11 Å². The van der Waals surface area contributed by atoms with Crippen LogP contribution in [0.4, 0.5) is 0 Å². The molecule has 0 aliphatic heterocycles. The van der Waals surface area contributed by atoms with Gasteiger partial charge in [-0.2, -0.15) is 4.57 Å². The lowest BCUT2D eigenvalue weighted by atomic mass is 10.2. The van der Waals surface area contributed by atoms with Gasteiger partial charge in [-0.15, -0.1) is 0 Å². The zero-order valence-electron chi connectivity index (χ0n) is 9.61. The van der Waals surface area contributed by atoms with Gasteiger partial charge in [-0.1, -0.05) is 6.92 Å². The molecule has 0 spiro atoms. The fraction of sp³-hybridized carbons (Fsp3) is 0.308. The van der Waals surface area contributed by atoms with Crippen LogP contribution in [0.1, 0.15) is 13.3 Å². The Morgan fingerprint density at radius 3 is 2.75 bits per heavy atom. The van der Waals surface area contributed by atoms with Crippen LogP contribution in [0.25, 0.3) is 10.9 Å². The SMILES string of the molecule is CCC[n+]1cccc2cc(OC)ccc21.[I-]. The molecule has 1 aromatic carbocycles. The molecule has 0 atom stereocenters. The number of rotatable bonds is 3. The van der Waals surface area contributed by atoms with E-state index in [-0.39, 0.29) is 24.0 Å². The molecule has 0 aliphatic rings. The van der Waals surface area contributed by atoms with Crippen LogP contribution >= 0.6 is 0 Å². The van der Waals surface area contributed by atoms with Gasteiger partial charge < -0.3 is 28.7 Å². The van der Waals surface area contributed by atoms with Gasteiger partial charge >= 0.3 is 0 Å². The second kappa shape index (κ2) is 6.03. The number of halogens is 1. The first-order valence-electron chi connectivity index (χ1n) is 5.31. The predicted molar refractivity (Wildman–Crippen MR) is 61.0 cm³/mol. The Bertz CT molecular complexity index is 470. The van der Waals surface area contributed by atoms with Crippen molar-refractivity contribution >= 4 is 10.9 Å². The van der Waals surface area contributed by atoms with E-state index in [9.17, 15) is 0 Å². The average Bonchev–Trinajstić information content (AvgIpc) is 2.29. The van der Waals surface area contributed by atoms with Crippen LogP contribution < -0.4 is 33.3 Å². The minimum Gasteiger partial charge on any atom is -1.00 e. The van der Waals surface area contributed by atoms with E-state index in [4.69, 9.17) is 4.74 Å². The molecule has 0 saturated carbocycles. The van der Waals surface area contributed by atoms with Crippen molar-refractivity contribution in [3.05, 3.63) is 36.5 Å². The highest BCUT2D eigenvalue weighted by atomic mass is 127. The molecule has 0 radical (unpaired) electrons. The summed E-state index contributed by atoms with van der Waals surface area (Å²) in [6, 6.07) is 10.4. The fourth-order valence-corrected chi connectivity index (χ4v) is 1.82. The maximum absolute atomic E-state index is 5.21. The predicted octanol–water partition coefficient (Wildman–Crippen LogP) is -0.450. The number of aryl methyl sites for hydroxylation is 1. The van der Waals surface area contributed by atoms with Crippen LogP contribution in [0.3, 0.4) is 0 Å². The summed E-state index contributed by atoms with van der Waals surface area (Å²) < 4.78 is 7.49. The maximum atomic E-state index is 5.21. The summed E-state index contributed by atoms with van der Waals surface area (Å²) in [4.78, 5) is 0. The molecule has 2 rings (SSSR count). The van der Waals surface area contributed by atoms with E-state index in [0.29, 0.717) is 0 Å². The molecule has 0 N–H and O–H groups in total. The lowest BCUT2D eigenvalue weighted by Crippen LogP contribution is -3.00. The number of methoxy groups -OCH3 is 1. The Balaban J connectivity index is 0.00000128. The van der Waals surface area contributed by atoms with E-state index >= 15 is 0 Å². The Labute approximate surface area is 113 Å². The topological polar surface area (TPSA) is 13.1 Å². The first kappa shape index (κ1) is 13.2. The van der Waals surface area contributed by atoms with E-state index in [1.807, 2.05) is 6.07 Å². The number of nitrogens with zero attached hydrogens (tertiary/aromatic N) is 1. The summed E-state index contributed by atoms with van der Waals surface area (Å²) in [5, 5.41) is 1.23. The summed E-state index contributed by atoms with van der Waals surface area (Å²) in [5.41, 5.74) is 1.26. The molecule has 3 heteroatoms. The summed E-state index contributed by atoms with van der Waals surface area (Å²) in [5.74, 6) is 0.914. The molecule has 1 aromatic heterocycles.